The van der Waals surface area contributed by atoms with Gasteiger partial charge in [0.15, 0.2) is 11.5 Å². The molecule has 3 aromatic carbocycles. The van der Waals surface area contributed by atoms with E-state index < -0.39 is 5.25 Å². The Bertz CT molecular complexity index is 1420. The van der Waals surface area contributed by atoms with Crippen LogP contribution in [0.3, 0.4) is 0 Å². The van der Waals surface area contributed by atoms with Crippen molar-refractivity contribution in [3.8, 4) is 40.0 Å². The third-order valence-electron chi connectivity index (χ3n) is 5.55. The maximum absolute atomic E-state index is 12.9. The lowest BCUT2D eigenvalue weighted by Gasteiger charge is -2.16. The van der Waals surface area contributed by atoms with Crippen LogP contribution in [-0.2, 0) is 4.79 Å². The number of aromatic nitrogens is 1. The summed E-state index contributed by atoms with van der Waals surface area (Å²) in [6.07, 6.45) is 0. The van der Waals surface area contributed by atoms with E-state index in [0.29, 0.717) is 22.1 Å². The molecule has 1 aromatic heterocycles. The Morgan fingerprint density at radius 3 is 2.43 bits per heavy atom. The topological polar surface area (TPSA) is 84.2 Å². The van der Waals surface area contributed by atoms with Crippen LogP contribution in [0, 0.1) is 11.3 Å². The lowest BCUT2D eigenvalue weighted by atomic mass is 9.99. The van der Waals surface area contributed by atoms with Crippen LogP contribution < -0.4 is 14.8 Å². The van der Waals surface area contributed by atoms with E-state index in [-0.39, 0.29) is 12.7 Å². The first kappa shape index (κ1) is 22.5. The van der Waals surface area contributed by atoms with Crippen molar-refractivity contribution in [1.29, 1.82) is 5.26 Å². The second-order valence-electron chi connectivity index (χ2n) is 7.90. The van der Waals surface area contributed by atoms with E-state index in [0.717, 1.165) is 28.1 Å². The average Bonchev–Trinajstić information content (AvgIpc) is 3.37. The molecule has 172 valence electrons. The molecule has 1 amide bonds. The molecule has 4 aromatic rings. The minimum Gasteiger partial charge on any atom is -0.454 e. The number of pyridine rings is 1. The van der Waals surface area contributed by atoms with Crippen LogP contribution in [-0.4, -0.2) is 22.9 Å². The van der Waals surface area contributed by atoms with Gasteiger partial charge in [-0.05, 0) is 42.8 Å². The van der Waals surface area contributed by atoms with E-state index in [4.69, 9.17) is 14.5 Å². The average molecular weight is 480 g/mol. The Hall–Kier alpha value is -4.28. The fraction of sp³-hybridized carbons (Fsp3) is 0.107. The number of benzene rings is 3. The molecule has 0 radical (unpaired) electrons. The van der Waals surface area contributed by atoms with Crippen LogP contribution in [0.5, 0.6) is 11.5 Å². The fourth-order valence-corrected chi connectivity index (χ4v) is 4.68. The first-order chi connectivity index (χ1) is 17.1. The third-order valence-corrected chi connectivity index (χ3v) is 6.64. The first-order valence-corrected chi connectivity index (χ1v) is 11.9. The highest BCUT2D eigenvalue weighted by Crippen LogP contribution is 2.40. The standard InChI is InChI=1S/C28H21N3O3S/c1-18(27(32)30-21-10-6-3-7-11-21)35-28-23(16-29)22(15-24(31-28)19-8-4-2-5-9-19)20-12-13-25-26(14-20)34-17-33-25/h2-15,18H,17H2,1H3,(H,30,32)/t18-/m0/s1. The van der Waals surface area contributed by atoms with Crippen molar-refractivity contribution in [2.45, 2.75) is 17.2 Å². The monoisotopic (exact) mass is 479 g/mol. The van der Waals surface area contributed by atoms with Crippen molar-refractivity contribution in [3.05, 3.63) is 90.5 Å². The predicted octanol–water partition coefficient (Wildman–Crippen LogP) is 6.14. The van der Waals surface area contributed by atoms with Crippen LogP contribution in [0.25, 0.3) is 22.4 Å². The van der Waals surface area contributed by atoms with Crippen molar-refractivity contribution in [3.63, 3.8) is 0 Å². The lowest BCUT2D eigenvalue weighted by Crippen LogP contribution is -2.22. The van der Waals surface area contributed by atoms with Gasteiger partial charge in [0, 0.05) is 16.8 Å². The van der Waals surface area contributed by atoms with Crippen LogP contribution in [0.2, 0.25) is 0 Å². The second-order valence-corrected chi connectivity index (χ2v) is 9.23. The van der Waals surface area contributed by atoms with Crippen LogP contribution >= 0.6 is 11.8 Å². The maximum Gasteiger partial charge on any atom is 0.237 e. The van der Waals surface area contributed by atoms with Gasteiger partial charge in [-0.25, -0.2) is 4.98 Å². The summed E-state index contributed by atoms with van der Waals surface area (Å²) in [7, 11) is 0. The molecule has 0 bridgehead atoms. The number of nitrogens with zero attached hydrogens (tertiary/aromatic N) is 2. The highest BCUT2D eigenvalue weighted by atomic mass is 32.2. The number of rotatable bonds is 6. The number of anilines is 1. The van der Waals surface area contributed by atoms with Crippen molar-refractivity contribution >= 4 is 23.4 Å². The van der Waals surface area contributed by atoms with Gasteiger partial charge >= 0.3 is 0 Å². The molecule has 2 heterocycles. The Kier molecular flexibility index (Phi) is 6.38. The predicted molar refractivity (Wildman–Crippen MR) is 136 cm³/mol. The molecular weight excluding hydrogens is 458 g/mol. The van der Waals surface area contributed by atoms with Gasteiger partial charge < -0.3 is 14.8 Å². The molecule has 5 rings (SSSR count). The molecule has 0 saturated heterocycles. The normalized spacial score (nSPS) is 12.6. The van der Waals surface area contributed by atoms with Crippen LogP contribution in [0.1, 0.15) is 12.5 Å². The van der Waals surface area contributed by atoms with Gasteiger partial charge in [-0.15, -0.1) is 0 Å². The number of hydrogen-bond donors (Lipinski definition) is 1. The Balaban J connectivity index is 1.55. The number of thioether (sulfide) groups is 1. The summed E-state index contributed by atoms with van der Waals surface area (Å²) in [6.45, 7) is 1.98. The molecule has 0 aliphatic carbocycles. The molecule has 35 heavy (non-hydrogen) atoms. The fourth-order valence-electron chi connectivity index (χ4n) is 3.75. The zero-order valence-corrected chi connectivity index (χ0v) is 19.7. The molecule has 1 atom stereocenters. The van der Waals surface area contributed by atoms with Gasteiger partial charge in [-0.3, -0.25) is 4.79 Å². The zero-order valence-electron chi connectivity index (χ0n) is 18.9. The zero-order chi connectivity index (χ0) is 24.2. The molecule has 1 aliphatic heterocycles. The quantitative estimate of drug-likeness (QED) is 0.335. The van der Waals surface area contributed by atoms with Crippen molar-refractivity contribution in [1.82, 2.24) is 4.98 Å². The number of carbonyl (C=O) groups is 1. The maximum atomic E-state index is 12.9. The van der Waals surface area contributed by atoms with Crippen molar-refractivity contribution < 1.29 is 14.3 Å². The molecule has 1 N–H and O–H groups in total. The van der Waals surface area contributed by atoms with Gasteiger partial charge in [-0.1, -0.05) is 66.4 Å². The highest BCUT2D eigenvalue weighted by molar-refractivity contribution is 8.00. The van der Waals surface area contributed by atoms with Crippen molar-refractivity contribution in [2.24, 2.45) is 0 Å². The highest BCUT2D eigenvalue weighted by Gasteiger charge is 2.23. The molecule has 0 unspecified atom stereocenters. The molecule has 0 spiro atoms. The first-order valence-electron chi connectivity index (χ1n) is 11.1. The van der Waals surface area contributed by atoms with Crippen LogP contribution in [0.15, 0.2) is 90.0 Å². The molecule has 0 fully saturated rings. The minimum atomic E-state index is -0.481. The second kappa shape index (κ2) is 9.92. The number of carbonyl (C=O) groups excluding carboxylic acids is 1. The number of nitrogens with one attached hydrogen (secondary N) is 1. The Morgan fingerprint density at radius 1 is 0.971 bits per heavy atom. The number of ether oxygens (including phenoxy) is 2. The minimum absolute atomic E-state index is 0.165. The largest absolute Gasteiger partial charge is 0.454 e. The number of nitriles is 1. The molecule has 0 saturated carbocycles. The van der Waals surface area contributed by atoms with Gasteiger partial charge in [0.2, 0.25) is 12.7 Å². The van der Waals surface area contributed by atoms with E-state index in [1.54, 1.807) is 6.92 Å². The van der Waals surface area contributed by atoms with Crippen LogP contribution in [0.4, 0.5) is 5.69 Å². The lowest BCUT2D eigenvalue weighted by molar-refractivity contribution is -0.115. The number of fused-ring (bicyclic) bond motifs is 1. The van der Waals surface area contributed by atoms with E-state index in [2.05, 4.69) is 11.4 Å². The molecule has 1 aliphatic rings. The van der Waals surface area contributed by atoms with E-state index in [9.17, 15) is 10.1 Å². The summed E-state index contributed by atoms with van der Waals surface area (Å²) in [5, 5.41) is 13.1. The molecule has 7 heteroatoms. The summed E-state index contributed by atoms with van der Waals surface area (Å²) >= 11 is 1.26. The Morgan fingerprint density at radius 2 is 1.69 bits per heavy atom. The summed E-state index contributed by atoms with van der Waals surface area (Å²) in [4.78, 5) is 17.7. The summed E-state index contributed by atoms with van der Waals surface area (Å²) in [6, 6.07) is 28.9. The Labute approximate surface area is 207 Å². The van der Waals surface area contributed by atoms with E-state index in [1.165, 1.54) is 11.8 Å². The number of para-hydroxylation sites is 1. The molecular formula is C28H21N3O3S. The smallest absolute Gasteiger partial charge is 0.237 e. The van der Waals surface area contributed by atoms with E-state index >= 15 is 0 Å². The number of amides is 1. The van der Waals surface area contributed by atoms with E-state index in [1.807, 2.05) is 84.9 Å². The van der Waals surface area contributed by atoms with Crippen molar-refractivity contribution in [2.75, 3.05) is 12.1 Å². The van der Waals surface area contributed by atoms with Gasteiger partial charge in [-0.2, -0.15) is 5.26 Å². The van der Waals surface area contributed by atoms with Gasteiger partial charge in [0.25, 0.3) is 0 Å². The summed E-state index contributed by atoms with van der Waals surface area (Å²) in [5.74, 6) is 1.14. The number of hydrogen-bond acceptors (Lipinski definition) is 6. The third kappa shape index (κ3) is 4.84. The SMILES string of the molecule is C[C@H](Sc1nc(-c2ccccc2)cc(-c2ccc3c(c2)OCO3)c1C#N)C(=O)Nc1ccccc1. The summed E-state index contributed by atoms with van der Waals surface area (Å²) in [5.41, 5.74) is 4.30. The summed E-state index contributed by atoms with van der Waals surface area (Å²) < 4.78 is 11.0. The van der Waals surface area contributed by atoms with Gasteiger partial charge in [0.05, 0.1) is 16.5 Å². The molecule has 6 nitrogen and oxygen atoms in total. The van der Waals surface area contributed by atoms with Gasteiger partial charge in [0.1, 0.15) is 11.1 Å².